The Bertz CT molecular complexity index is 763. The molecule has 0 saturated heterocycles. The summed E-state index contributed by atoms with van der Waals surface area (Å²) < 4.78 is 7.22. The maximum Gasteiger partial charge on any atom is 0.143 e. The van der Waals surface area contributed by atoms with Gasteiger partial charge in [0.15, 0.2) is 0 Å². The average molecular weight is 309 g/mol. The molecule has 0 spiro atoms. The number of rotatable bonds is 4. The van der Waals surface area contributed by atoms with Crippen molar-refractivity contribution >= 4 is 0 Å². The first kappa shape index (κ1) is 14.1. The van der Waals surface area contributed by atoms with Crippen LogP contribution < -0.4 is 5.32 Å². The van der Waals surface area contributed by atoms with Gasteiger partial charge in [0.05, 0.1) is 12.0 Å². The molecule has 1 aliphatic rings. The number of hydrogen-bond acceptors (Lipinski definition) is 5. The topological polar surface area (TPSA) is 68.8 Å². The fraction of sp³-hybridized carbons (Fsp3) is 0.353. The molecule has 2 atom stereocenters. The molecule has 0 unspecified atom stereocenters. The zero-order chi connectivity index (χ0) is 15.6. The van der Waals surface area contributed by atoms with Gasteiger partial charge in [-0.05, 0) is 54.0 Å². The van der Waals surface area contributed by atoms with Crippen molar-refractivity contribution in [2.45, 2.75) is 38.3 Å². The number of nitrogens with zero attached hydrogens (tertiary/aromatic N) is 4. The third kappa shape index (κ3) is 2.77. The molecule has 23 heavy (non-hydrogen) atoms. The highest BCUT2D eigenvalue weighted by atomic mass is 16.3. The Kier molecular flexibility index (Phi) is 3.67. The zero-order valence-electron chi connectivity index (χ0n) is 13.0. The summed E-state index contributed by atoms with van der Waals surface area (Å²) in [7, 11) is 0. The molecule has 1 N–H and O–H groups in total. The molecular formula is C17H19N5O. The molecule has 1 aliphatic carbocycles. The number of aryl methyl sites for hydroxylation is 1. The van der Waals surface area contributed by atoms with E-state index in [1.807, 2.05) is 12.1 Å². The van der Waals surface area contributed by atoms with E-state index in [1.54, 1.807) is 17.3 Å². The standard InChI is InChI=1S/C17H19N5O/c1-12(19-16-3-2-4-17-15(16)9-10-23-17)13-5-7-14(8-6-13)22-11-18-20-21-22/h5-12,16,19H,2-4H2,1H3/t12-,16-/m1/s1. The number of tetrazole rings is 1. The third-order valence-corrected chi connectivity index (χ3v) is 4.51. The Hall–Kier alpha value is -2.47. The van der Waals surface area contributed by atoms with Crippen molar-refractivity contribution in [1.82, 2.24) is 25.5 Å². The molecule has 1 aromatic carbocycles. The predicted molar refractivity (Wildman–Crippen MR) is 85.1 cm³/mol. The summed E-state index contributed by atoms with van der Waals surface area (Å²) in [5.41, 5.74) is 3.52. The van der Waals surface area contributed by atoms with E-state index in [4.69, 9.17) is 4.42 Å². The van der Waals surface area contributed by atoms with E-state index >= 15 is 0 Å². The van der Waals surface area contributed by atoms with Crippen LogP contribution in [-0.2, 0) is 6.42 Å². The first-order chi connectivity index (χ1) is 11.3. The minimum absolute atomic E-state index is 0.267. The lowest BCUT2D eigenvalue weighted by Gasteiger charge is -2.26. The molecule has 0 bridgehead atoms. The molecule has 6 heteroatoms. The van der Waals surface area contributed by atoms with Gasteiger partial charge in [0.1, 0.15) is 12.1 Å². The second-order valence-corrected chi connectivity index (χ2v) is 5.98. The third-order valence-electron chi connectivity index (χ3n) is 4.51. The van der Waals surface area contributed by atoms with Gasteiger partial charge in [-0.3, -0.25) is 0 Å². The lowest BCUT2D eigenvalue weighted by molar-refractivity contribution is 0.385. The highest BCUT2D eigenvalue weighted by Gasteiger charge is 2.23. The summed E-state index contributed by atoms with van der Waals surface area (Å²) >= 11 is 0. The maximum atomic E-state index is 5.57. The van der Waals surface area contributed by atoms with Crippen molar-refractivity contribution in [2.75, 3.05) is 0 Å². The number of benzene rings is 1. The van der Waals surface area contributed by atoms with Gasteiger partial charge in [0.2, 0.25) is 0 Å². The molecule has 2 aromatic heterocycles. The number of nitrogens with one attached hydrogen (secondary N) is 1. The molecule has 0 saturated carbocycles. The van der Waals surface area contributed by atoms with Crippen LogP contribution in [-0.4, -0.2) is 20.2 Å². The lowest BCUT2D eigenvalue weighted by atomic mass is 9.92. The van der Waals surface area contributed by atoms with E-state index in [0.29, 0.717) is 6.04 Å². The molecule has 0 radical (unpaired) electrons. The summed E-state index contributed by atoms with van der Waals surface area (Å²) in [5, 5.41) is 14.9. The van der Waals surface area contributed by atoms with Crippen LogP contribution in [0.25, 0.3) is 5.69 Å². The number of hydrogen-bond donors (Lipinski definition) is 1. The van der Waals surface area contributed by atoms with E-state index in [-0.39, 0.29) is 6.04 Å². The fourth-order valence-electron chi connectivity index (χ4n) is 3.25. The SMILES string of the molecule is C[C@@H](N[C@@H]1CCCc2occc21)c1ccc(-n2cnnn2)cc1. The van der Waals surface area contributed by atoms with E-state index in [1.165, 1.54) is 17.5 Å². The number of furan rings is 1. The van der Waals surface area contributed by atoms with Crippen LogP contribution in [0.3, 0.4) is 0 Å². The van der Waals surface area contributed by atoms with Crippen LogP contribution in [0.2, 0.25) is 0 Å². The Labute approximate surface area is 134 Å². The number of fused-ring (bicyclic) bond motifs is 1. The summed E-state index contributed by atoms with van der Waals surface area (Å²) in [5.74, 6) is 1.13. The Morgan fingerprint density at radius 1 is 1.26 bits per heavy atom. The molecule has 6 nitrogen and oxygen atoms in total. The summed E-state index contributed by atoms with van der Waals surface area (Å²) in [4.78, 5) is 0. The van der Waals surface area contributed by atoms with Crippen molar-refractivity contribution in [3.05, 3.63) is 59.8 Å². The molecular weight excluding hydrogens is 290 g/mol. The fourth-order valence-corrected chi connectivity index (χ4v) is 3.25. The van der Waals surface area contributed by atoms with Gasteiger partial charge >= 0.3 is 0 Å². The van der Waals surface area contributed by atoms with E-state index in [9.17, 15) is 0 Å². The Morgan fingerprint density at radius 2 is 2.13 bits per heavy atom. The van der Waals surface area contributed by atoms with Crippen LogP contribution >= 0.6 is 0 Å². The van der Waals surface area contributed by atoms with Gasteiger partial charge in [0, 0.05) is 24.1 Å². The van der Waals surface area contributed by atoms with Crippen LogP contribution in [0.15, 0.2) is 47.3 Å². The van der Waals surface area contributed by atoms with Gasteiger partial charge in [-0.1, -0.05) is 12.1 Å². The number of aromatic nitrogens is 4. The first-order valence-corrected chi connectivity index (χ1v) is 7.97. The average Bonchev–Trinajstić information content (AvgIpc) is 3.27. The molecule has 0 aliphatic heterocycles. The lowest BCUT2D eigenvalue weighted by Crippen LogP contribution is -2.27. The molecule has 4 rings (SSSR count). The molecule has 0 amide bonds. The second kappa shape index (κ2) is 5.96. The van der Waals surface area contributed by atoms with Gasteiger partial charge in [-0.15, -0.1) is 5.10 Å². The van der Waals surface area contributed by atoms with Crippen molar-refractivity contribution in [3.63, 3.8) is 0 Å². The van der Waals surface area contributed by atoms with Crippen molar-refractivity contribution in [2.24, 2.45) is 0 Å². The quantitative estimate of drug-likeness (QED) is 0.802. The van der Waals surface area contributed by atoms with Gasteiger partial charge in [-0.2, -0.15) is 0 Å². The predicted octanol–water partition coefficient (Wildman–Crippen LogP) is 2.98. The highest BCUT2D eigenvalue weighted by molar-refractivity contribution is 5.34. The van der Waals surface area contributed by atoms with Crippen LogP contribution in [0, 0.1) is 0 Å². The molecule has 118 valence electrons. The van der Waals surface area contributed by atoms with E-state index in [2.05, 4.69) is 46.0 Å². The summed E-state index contributed by atoms with van der Waals surface area (Å²) in [6.45, 7) is 2.19. The largest absolute Gasteiger partial charge is 0.469 e. The van der Waals surface area contributed by atoms with Crippen molar-refractivity contribution in [3.8, 4) is 5.69 Å². The molecule has 2 heterocycles. The first-order valence-electron chi connectivity index (χ1n) is 7.97. The summed E-state index contributed by atoms with van der Waals surface area (Å²) in [6, 6.07) is 11.0. The Balaban J connectivity index is 1.49. The van der Waals surface area contributed by atoms with Crippen molar-refractivity contribution in [1.29, 1.82) is 0 Å². The van der Waals surface area contributed by atoms with Gasteiger partial charge in [0.25, 0.3) is 0 Å². The van der Waals surface area contributed by atoms with Crippen LogP contribution in [0.4, 0.5) is 0 Å². The highest BCUT2D eigenvalue weighted by Crippen LogP contribution is 2.32. The zero-order valence-corrected chi connectivity index (χ0v) is 13.0. The normalized spacial score (nSPS) is 18.6. The van der Waals surface area contributed by atoms with Crippen LogP contribution in [0.5, 0.6) is 0 Å². The summed E-state index contributed by atoms with van der Waals surface area (Å²) in [6.07, 6.45) is 6.77. The minimum Gasteiger partial charge on any atom is -0.469 e. The van der Waals surface area contributed by atoms with Gasteiger partial charge in [-0.25, -0.2) is 4.68 Å². The maximum absolute atomic E-state index is 5.57. The van der Waals surface area contributed by atoms with E-state index in [0.717, 1.165) is 24.3 Å². The second-order valence-electron chi connectivity index (χ2n) is 5.98. The van der Waals surface area contributed by atoms with Crippen molar-refractivity contribution < 1.29 is 4.42 Å². The smallest absolute Gasteiger partial charge is 0.143 e. The van der Waals surface area contributed by atoms with E-state index < -0.39 is 0 Å². The monoisotopic (exact) mass is 309 g/mol. The molecule has 3 aromatic rings. The molecule has 0 fully saturated rings. The minimum atomic E-state index is 0.267. The Morgan fingerprint density at radius 3 is 2.91 bits per heavy atom. The van der Waals surface area contributed by atoms with Gasteiger partial charge < -0.3 is 9.73 Å². The van der Waals surface area contributed by atoms with Crippen LogP contribution in [0.1, 0.15) is 48.7 Å².